The fourth-order valence-electron chi connectivity index (χ4n) is 1.40. The molecule has 0 saturated heterocycles. The fraction of sp³-hybridized carbons (Fsp3) is 0.455. The molecule has 0 amide bonds. The number of halogens is 1. The number of anilines is 2. The highest BCUT2D eigenvalue weighted by atomic mass is 79.9. The largest absolute Gasteiger partial charge is 0.397 e. The number of nitriles is 1. The molecule has 4 nitrogen and oxygen atoms in total. The molecule has 0 aliphatic rings. The number of hydrogen-bond acceptors (Lipinski definition) is 4. The summed E-state index contributed by atoms with van der Waals surface area (Å²) in [6, 6.07) is 2.14. The molecule has 0 unspecified atom stereocenters. The van der Waals surface area contributed by atoms with E-state index in [2.05, 4.69) is 31.9 Å². The standard InChI is InChI=1S/C11H15BrN4/c1-3-16(6-4-5-13)11-10(12)8(2)9(14)7-15-11/h7H,3-4,6,14H2,1-2H3. The van der Waals surface area contributed by atoms with Gasteiger partial charge in [0.05, 0.1) is 28.8 Å². The molecule has 0 atom stereocenters. The van der Waals surface area contributed by atoms with Crippen LogP contribution in [0.3, 0.4) is 0 Å². The molecular formula is C11H15BrN4. The number of nitrogen functional groups attached to an aromatic ring is 1. The topological polar surface area (TPSA) is 65.9 Å². The Morgan fingerprint density at radius 1 is 1.62 bits per heavy atom. The monoisotopic (exact) mass is 282 g/mol. The van der Waals surface area contributed by atoms with Crippen LogP contribution in [-0.4, -0.2) is 18.1 Å². The molecule has 0 bridgehead atoms. The Kier molecular flexibility index (Phi) is 4.56. The van der Waals surface area contributed by atoms with Gasteiger partial charge in [-0.05, 0) is 35.3 Å². The van der Waals surface area contributed by atoms with Crippen molar-refractivity contribution in [3.63, 3.8) is 0 Å². The van der Waals surface area contributed by atoms with Crippen LogP contribution in [0, 0.1) is 18.3 Å². The fourth-order valence-corrected chi connectivity index (χ4v) is 1.98. The van der Waals surface area contributed by atoms with Crippen LogP contribution in [0.4, 0.5) is 11.5 Å². The number of pyridine rings is 1. The Morgan fingerprint density at radius 3 is 2.88 bits per heavy atom. The maximum absolute atomic E-state index is 8.60. The van der Waals surface area contributed by atoms with Crippen LogP contribution in [0.25, 0.3) is 0 Å². The first-order valence-electron chi connectivity index (χ1n) is 5.14. The second-order valence-electron chi connectivity index (χ2n) is 3.46. The lowest BCUT2D eigenvalue weighted by molar-refractivity contribution is 0.807. The molecular weight excluding hydrogens is 268 g/mol. The third kappa shape index (κ3) is 2.64. The highest BCUT2D eigenvalue weighted by molar-refractivity contribution is 9.10. The highest BCUT2D eigenvalue weighted by Gasteiger charge is 2.12. The van der Waals surface area contributed by atoms with Gasteiger partial charge in [0.1, 0.15) is 5.82 Å². The second-order valence-corrected chi connectivity index (χ2v) is 4.26. The molecule has 86 valence electrons. The Balaban J connectivity index is 3.02. The molecule has 1 aromatic heterocycles. The Bertz CT molecular complexity index is 411. The molecule has 1 rings (SSSR count). The van der Waals surface area contributed by atoms with E-state index >= 15 is 0 Å². The molecule has 2 N–H and O–H groups in total. The van der Waals surface area contributed by atoms with Crippen molar-refractivity contribution in [2.45, 2.75) is 20.3 Å². The van der Waals surface area contributed by atoms with Crippen LogP contribution < -0.4 is 10.6 Å². The van der Waals surface area contributed by atoms with Gasteiger partial charge in [-0.15, -0.1) is 0 Å². The van der Waals surface area contributed by atoms with Gasteiger partial charge in [-0.3, -0.25) is 0 Å². The van der Waals surface area contributed by atoms with E-state index in [0.29, 0.717) is 18.7 Å². The number of nitrogens with zero attached hydrogens (tertiary/aromatic N) is 3. The van der Waals surface area contributed by atoms with Crippen molar-refractivity contribution in [1.82, 2.24) is 4.98 Å². The average Bonchev–Trinajstić information content (AvgIpc) is 2.29. The molecule has 0 radical (unpaired) electrons. The molecule has 0 aliphatic carbocycles. The quantitative estimate of drug-likeness (QED) is 0.921. The summed E-state index contributed by atoms with van der Waals surface area (Å²) in [5.74, 6) is 0.851. The molecule has 1 heterocycles. The molecule has 5 heteroatoms. The molecule has 0 spiro atoms. The van der Waals surface area contributed by atoms with E-state index in [-0.39, 0.29) is 0 Å². The number of hydrogen-bond donors (Lipinski definition) is 1. The van der Waals surface area contributed by atoms with Gasteiger partial charge in [-0.1, -0.05) is 0 Å². The van der Waals surface area contributed by atoms with Crippen LogP contribution in [0.15, 0.2) is 10.7 Å². The lowest BCUT2D eigenvalue weighted by atomic mass is 10.2. The van der Waals surface area contributed by atoms with E-state index in [1.165, 1.54) is 0 Å². The average molecular weight is 283 g/mol. The van der Waals surface area contributed by atoms with Crippen LogP contribution in [-0.2, 0) is 0 Å². The van der Waals surface area contributed by atoms with Crippen molar-refractivity contribution >= 4 is 27.4 Å². The van der Waals surface area contributed by atoms with E-state index in [0.717, 1.165) is 22.4 Å². The number of nitrogens with two attached hydrogens (primary N) is 1. The van der Waals surface area contributed by atoms with E-state index in [1.54, 1.807) is 6.20 Å². The summed E-state index contributed by atoms with van der Waals surface area (Å²) in [7, 11) is 0. The maximum atomic E-state index is 8.60. The van der Waals surface area contributed by atoms with Gasteiger partial charge in [-0.25, -0.2) is 4.98 Å². The summed E-state index contributed by atoms with van der Waals surface area (Å²) >= 11 is 3.50. The molecule has 1 aromatic rings. The zero-order chi connectivity index (χ0) is 12.1. The van der Waals surface area contributed by atoms with Gasteiger partial charge in [0, 0.05) is 13.1 Å². The lowest BCUT2D eigenvalue weighted by Gasteiger charge is -2.22. The number of rotatable bonds is 4. The first-order chi connectivity index (χ1) is 7.61. The van der Waals surface area contributed by atoms with E-state index in [4.69, 9.17) is 11.0 Å². The van der Waals surface area contributed by atoms with Crippen molar-refractivity contribution in [2.24, 2.45) is 0 Å². The van der Waals surface area contributed by atoms with E-state index in [9.17, 15) is 0 Å². The summed E-state index contributed by atoms with van der Waals surface area (Å²) in [6.07, 6.45) is 2.15. The van der Waals surface area contributed by atoms with Gasteiger partial charge >= 0.3 is 0 Å². The third-order valence-corrected chi connectivity index (χ3v) is 3.41. The van der Waals surface area contributed by atoms with Crippen molar-refractivity contribution in [3.05, 3.63) is 16.2 Å². The van der Waals surface area contributed by atoms with Gasteiger partial charge < -0.3 is 10.6 Å². The number of aromatic nitrogens is 1. The molecule has 0 fully saturated rings. The summed E-state index contributed by atoms with van der Waals surface area (Å²) in [4.78, 5) is 6.36. The molecule has 0 saturated carbocycles. The second kappa shape index (κ2) is 5.71. The van der Waals surface area contributed by atoms with Crippen LogP contribution in [0.1, 0.15) is 18.9 Å². The first-order valence-corrected chi connectivity index (χ1v) is 5.93. The minimum Gasteiger partial charge on any atom is -0.397 e. The van der Waals surface area contributed by atoms with Crippen molar-refractivity contribution in [3.8, 4) is 6.07 Å². The summed E-state index contributed by atoms with van der Waals surface area (Å²) in [6.45, 7) is 5.48. The zero-order valence-corrected chi connectivity index (χ0v) is 11.1. The summed E-state index contributed by atoms with van der Waals surface area (Å²) in [5.41, 5.74) is 7.43. The molecule has 0 aliphatic heterocycles. The van der Waals surface area contributed by atoms with Gasteiger partial charge in [0.2, 0.25) is 0 Å². The normalized spacial score (nSPS) is 9.88. The Labute approximate surface area is 104 Å². The van der Waals surface area contributed by atoms with Crippen molar-refractivity contribution < 1.29 is 0 Å². The highest BCUT2D eigenvalue weighted by Crippen LogP contribution is 2.30. The van der Waals surface area contributed by atoms with Crippen LogP contribution >= 0.6 is 15.9 Å². The molecule has 0 aromatic carbocycles. The van der Waals surface area contributed by atoms with Crippen molar-refractivity contribution in [1.29, 1.82) is 5.26 Å². The predicted molar refractivity (Wildman–Crippen MR) is 69.2 cm³/mol. The predicted octanol–water partition coefficient (Wildman–Crippen LogP) is 2.47. The summed E-state index contributed by atoms with van der Waals surface area (Å²) in [5, 5.41) is 8.60. The third-order valence-electron chi connectivity index (χ3n) is 2.46. The minimum absolute atomic E-state index is 0.491. The van der Waals surface area contributed by atoms with E-state index < -0.39 is 0 Å². The van der Waals surface area contributed by atoms with Crippen LogP contribution in [0.5, 0.6) is 0 Å². The van der Waals surface area contributed by atoms with Crippen LogP contribution in [0.2, 0.25) is 0 Å². The zero-order valence-electron chi connectivity index (χ0n) is 9.50. The Morgan fingerprint density at radius 2 is 2.31 bits per heavy atom. The van der Waals surface area contributed by atoms with Crippen molar-refractivity contribution in [2.75, 3.05) is 23.7 Å². The van der Waals surface area contributed by atoms with Gasteiger partial charge in [0.15, 0.2) is 0 Å². The first kappa shape index (κ1) is 12.8. The van der Waals surface area contributed by atoms with E-state index in [1.807, 2.05) is 13.8 Å². The summed E-state index contributed by atoms with van der Waals surface area (Å²) < 4.78 is 0.910. The van der Waals surface area contributed by atoms with Gasteiger partial charge in [-0.2, -0.15) is 5.26 Å². The smallest absolute Gasteiger partial charge is 0.143 e. The maximum Gasteiger partial charge on any atom is 0.143 e. The SMILES string of the molecule is CCN(CCC#N)c1ncc(N)c(C)c1Br. The van der Waals surface area contributed by atoms with Gasteiger partial charge in [0.25, 0.3) is 0 Å². The Hall–Kier alpha value is -1.28. The minimum atomic E-state index is 0.491. The molecule has 16 heavy (non-hydrogen) atoms. The lowest BCUT2D eigenvalue weighted by Crippen LogP contribution is -2.25.